The van der Waals surface area contributed by atoms with Crippen molar-refractivity contribution in [1.29, 1.82) is 0 Å². The molecular formula is C10H23IN3+. The highest BCUT2D eigenvalue weighted by Gasteiger charge is 2.09. The molecule has 2 unspecified atom stereocenters. The van der Waals surface area contributed by atoms with Crippen LogP contribution in [-0.2, 0) is 0 Å². The number of halogens is 1. The van der Waals surface area contributed by atoms with Gasteiger partial charge in [0.25, 0.3) is 0 Å². The summed E-state index contributed by atoms with van der Waals surface area (Å²) in [4.78, 5) is 0. The van der Waals surface area contributed by atoms with Gasteiger partial charge in [-0.05, 0) is 20.3 Å². The maximum Gasteiger partial charge on any atom is 0.187 e. The van der Waals surface area contributed by atoms with Crippen molar-refractivity contribution in [2.75, 3.05) is 14.1 Å². The molecule has 0 fully saturated rings. The number of hydrogen-bond acceptors (Lipinski definition) is 2. The SMILES string of the molecule is CCCC(C)NC(C)C=[N+](C)N(C)I. The van der Waals surface area contributed by atoms with Crippen LogP contribution in [0.4, 0.5) is 0 Å². The minimum absolute atomic E-state index is 0.416. The van der Waals surface area contributed by atoms with Crippen molar-refractivity contribution in [2.24, 2.45) is 0 Å². The molecule has 0 spiro atoms. The second-order valence-electron chi connectivity index (χ2n) is 3.81. The van der Waals surface area contributed by atoms with Crippen molar-refractivity contribution < 1.29 is 4.68 Å². The lowest BCUT2D eigenvalue weighted by atomic mass is 10.2. The third kappa shape index (κ3) is 6.59. The maximum atomic E-state index is 3.54. The second-order valence-corrected chi connectivity index (χ2v) is 5.21. The zero-order valence-electron chi connectivity index (χ0n) is 9.92. The minimum Gasteiger partial charge on any atom is -0.303 e. The molecule has 0 saturated heterocycles. The van der Waals surface area contributed by atoms with Crippen molar-refractivity contribution >= 4 is 29.1 Å². The lowest BCUT2D eigenvalue weighted by Crippen LogP contribution is -2.38. The summed E-state index contributed by atoms with van der Waals surface area (Å²) in [5.74, 6) is 0. The third-order valence-corrected chi connectivity index (χ3v) is 2.82. The van der Waals surface area contributed by atoms with Gasteiger partial charge in [0, 0.05) is 6.04 Å². The van der Waals surface area contributed by atoms with E-state index >= 15 is 0 Å². The monoisotopic (exact) mass is 312 g/mol. The van der Waals surface area contributed by atoms with E-state index in [4.69, 9.17) is 0 Å². The van der Waals surface area contributed by atoms with E-state index in [0.717, 1.165) is 0 Å². The van der Waals surface area contributed by atoms with Crippen LogP contribution in [-0.4, -0.2) is 40.3 Å². The fraction of sp³-hybridized carbons (Fsp3) is 0.900. The van der Waals surface area contributed by atoms with Crippen molar-refractivity contribution in [3.05, 3.63) is 0 Å². The van der Waals surface area contributed by atoms with Gasteiger partial charge in [-0.25, -0.2) is 0 Å². The highest BCUT2D eigenvalue weighted by atomic mass is 127. The van der Waals surface area contributed by atoms with Gasteiger partial charge < -0.3 is 5.32 Å². The Labute approximate surface area is 102 Å². The quantitative estimate of drug-likeness (QED) is 0.266. The molecule has 0 aliphatic rings. The maximum absolute atomic E-state index is 3.54. The summed E-state index contributed by atoms with van der Waals surface area (Å²) in [7, 11) is 4.08. The average Bonchev–Trinajstić information content (AvgIpc) is 2.03. The van der Waals surface area contributed by atoms with E-state index in [1.165, 1.54) is 12.8 Å². The van der Waals surface area contributed by atoms with E-state index < -0.39 is 0 Å². The normalized spacial score (nSPS) is 16.6. The van der Waals surface area contributed by atoms with Gasteiger partial charge in [-0.3, -0.25) is 0 Å². The predicted octanol–water partition coefficient (Wildman–Crippen LogP) is 2.06. The molecule has 0 aromatic heterocycles. The van der Waals surface area contributed by atoms with Crippen LogP contribution in [0.15, 0.2) is 0 Å². The van der Waals surface area contributed by atoms with Gasteiger partial charge in [-0.2, -0.15) is 0 Å². The fourth-order valence-corrected chi connectivity index (χ4v) is 1.57. The lowest BCUT2D eigenvalue weighted by Gasteiger charge is -2.15. The van der Waals surface area contributed by atoms with E-state index in [9.17, 15) is 0 Å². The van der Waals surface area contributed by atoms with E-state index in [1.54, 1.807) is 0 Å². The zero-order valence-corrected chi connectivity index (χ0v) is 12.1. The molecule has 0 aliphatic heterocycles. The van der Waals surface area contributed by atoms with Crippen LogP contribution >= 0.6 is 22.9 Å². The predicted molar refractivity (Wildman–Crippen MR) is 71.0 cm³/mol. The Balaban J connectivity index is 3.96. The first-order valence-electron chi connectivity index (χ1n) is 5.20. The van der Waals surface area contributed by atoms with Crippen LogP contribution in [0, 0.1) is 0 Å². The average molecular weight is 312 g/mol. The molecule has 14 heavy (non-hydrogen) atoms. The molecule has 0 bridgehead atoms. The van der Waals surface area contributed by atoms with Gasteiger partial charge in [0.1, 0.15) is 22.9 Å². The number of hydrazone groups is 1. The van der Waals surface area contributed by atoms with Crippen LogP contribution in [0.25, 0.3) is 0 Å². The third-order valence-electron chi connectivity index (χ3n) is 2.14. The summed E-state index contributed by atoms with van der Waals surface area (Å²) in [5.41, 5.74) is 0. The van der Waals surface area contributed by atoms with E-state index in [1.807, 2.05) is 10.3 Å². The molecule has 0 radical (unpaired) electrons. The Hall–Kier alpha value is 0.160. The molecule has 0 aromatic rings. The summed E-state index contributed by atoms with van der Waals surface area (Å²) in [6.07, 6.45) is 4.66. The van der Waals surface area contributed by atoms with Crippen LogP contribution in [0.3, 0.4) is 0 Å². The molecule has 0 amide bonds. The molecule has 4 heteroatoms. The second kappa shape index (κ2) is 7.45. The van der Waals surface area contributed by atoms with Crippen molar-refractivity contribution in [2.45, 2.75) is 45.7 Å². The van der Waals surface area contributed by atoms with E-state index in [2.05, 4.69) is 66.9 Å². The number of nitrogens with zero attached hydrogens (tertiary/aromatic N) is 2. The zero-order chi connectivity index (χ0) is 11.1. The van der Waals surface area contributed by atoms with Gasteiger partial charge in [-0.1, -0.05) is 13.3 Å². The summed E-state index contributed by atoms with van der Waals surface area (Å²) in [6.45, 7) is 6.64. The standard InChI is InChI=1S/C10H23IN3/c1-6-7-9(2)12-10(3)8-13(4)14(5)11/h8-10,12H,6-7H2,1-5H3/q+1. The molecule has 2 atom stereocenters. The number of hydrazine groups is 1. The Morgan fingerprint density at radius 3 is 2.50 bits per heavy atom. The topological polar surface area (TPSA) is 18.3 Å². The minimum atomic E-state index is 0.416. The summed E-state index contributed by atoms with van der Waals surface area (Å²) >= 11 is 2.25. The van der Waals surface area contributed by atoms with Crippen molar-refractivity contribution in [3.8, 4) is 0 Å². The largest absolute Gasteiger partial charge is 0.303 e. The fourth-order valence-electron chi connectivity index (χ4n) is 1.42. The summed E-state index contributed by atoms with van der Waals surface area (Å²) < 4.78 is 4.11. The molecule has 0 aromatic carbocycles. The van der Waals surface area contributed by atoms with E-state index in [0.29, 0.717) is 12.1 Å². The highest BCUT2D eigenvalue weighted by molar-refractivity contribution is 14.1. The van der Waals surface area contributed by atoms with Gasteiger partial charge in [0.05, 0.1) is 13.1 Å². The van der Waals surface area contributed by atoms with Crippen LogP contribution in [0.2, 0.25) is 0 Å². The molecular weight excluding hydrogens is 289 g/mol. The van der Waals surface area contributed by atoms with Gasteiger partial charge >= 0.3 is 0 Å². The number of hydrogen-bond donors (Lipinski definition) is 1. The van der Waals surface area contributed by atoms with Crippen LogP contribution in [0.5, 0.6) is 0 Å². The first-order valence-corrected chi connectivity index (χ1v) is 6.17. The van der Waals surface area contributed by atoms with Crippen molar-refractivity contribution in [3.63, 3.8) is 0 Å². The Kier molecular flexibility index (Phi) is 7.54. The number of rotatable bonds is 6. The molecule has 0 heterocycles. The highest BCUT2D eigenvalue weighted by Crippen LogP contribution is 1.96. The Morgan fingerprint density at radius 1 is 1.50 bits per heavy atom. The first kappa shape index (κ1) is 14.2. The smallest absolute Gasteiger partial charge is 0.187 e. The van der Waals surface area contributed by atoms with Gasteiger partial charge in [0.2, 0.25) is 0 Å². The molecule has 0 saturated carbocycles. The summed E-state index contributed by atoms with van der Waals surface area (Å²) in [5, 5.41) is 3.54. The Morgan fingerprint density at radius 2 is 2.07 bits per heavy atom. The molecule has 0 rings (SSSR count). The van der Waals surface area contributed by atoms with Crippen LogP contribution < -0.4 is 5.32 Å². The summed E-state index contributed by atoms with van der Waals surface area (Å²) in [6, 6.07) is 1.01. The first-order chi connectivity index (χ1) is 6.47. The molecule has 3 nitrogen and oxygen atoms in total. The van der Waals surface area contributed by atoms with E-state index in [-0.39, 0.29) is 0 Å². The molecule has 1 N–H and O–H groups in total. The molecule has 84 valence electrons. The molecule has 0 aliphatic carbocycles. The van der Waals surface area contributed by atoms with Crippen molar-refractivity contribution in [1.82, 2.24) is 8.54 Å². The lowest BCUT2D eigenvalue weighted by molar-refractivity contribution is -0.611. The number of nitrogens with one attached hydrogen (secondary N) is 1. The Bertz CT molecular complexity index is 180. The van der Waals surface area contributed by atoms with Gasteiger partial charge in [-0.15, -0.1) is 7.91 Å². The van der Waals surface area contributed by atoms with Gasteiger partial charge in [0.15, 0.2) is 13.3 Å². The van der Waals surface area contributed by atoms with Crippen LogP contribution in [0.1, 0.15) is 33.6 Å².